The van der Waals surface area contributed by atoms with E-state index in [1.807, 2.05) is 56.0 Å². The van der Waals surface area contributed by atoms with Crippen LogP contribution in [0.3, 0.4) is 0 Å². The number of halogens is 1. The number of anilines is 3. The number of carboxylic acid groups (broad SMARTS) is 1. The lowest BCUT2D eigenvalue weighted by atomic mass is 10.1. The third-order valence-electron chi connectivity index (χ3n) is 6.58. The zero-order valence-electron chi connectivity index (χ0n) is 23.3. The summed E-state index contributed by atoms with van der Waals surface area (Å²) < 4.78 is 3.07. The van der Waals surface area contributed by atoms with E-state index >= 15 is 0 Å². The third-order valence-corrected chi connectivity index (χ3v) is 8.26. The molecule has 9 heteroatoms. The first-order valence-electron chi connectivity index (χ1n) is 12.8. The predicted octanol–water partition coefficient (Wildman–Crippen LogP) is 8.45. The van der Waals surface area contributed by atoms with E-state index in [2.05, 4.69) is 36.4 Å². The predicted molar refractivity (Wildman–Crippen MR) is 174 cm³/mol. The van der Waals surface area contributed by atoms with Crippen molar-refractivity contribution in [3.63, 3.8) is 0 Å². The second-order valence-electron chi connectivity index (χ2n) is 9.75. The molecule has 1 aromatic heterocycles. The van der Waals surface area contributed by atoms with Gasteiger partial charge in [0.15, 0.2) is 5.70 Å². The van der Waals surface area contributed by atoms with Gasteiger partial charge >= 0.3 is 5.97 Å². The molecule has 0 radical (unpaired) electrons. The summed E-state index contributed by atoms with van der Waals surface area (Å²) in [5.41, 5.74) is 6.13. The third kappa shape index (κ3) is 6.25. The second-order valence-corrected chi connectivity index (χ2v) is 11.7. The average Bonchev–Trinajstić information content (AvgIpc) is 3.28. The van der Waals surface area contributed by atoms with E-state index in [9.17, 15) is 14.7 Å². The van der Waals surface area contributed by atoms with Crippen molar-refractivity contribution in [1.82, 2.24) is 0 Å². The van der Waals surface area contributed by atoms with Gasteiger partial charge in [-0.25, -0.2) is 4.79 Å². The molecule has 0 saturated heterocycles. The molecule has 0 fully saturated rings. The number of aliphatic carboxylic acids is 1. The summed E-state index contributed by atoms with van der Waals surface area (Å²) in [6, 6.07) is 17.4. The van der Waals surface area contributed by atoms with Crippen LogP contribution in [0.25, 0.3) is 22.0 Å². The molecule has 3 aromatic carbocycles. The van der Waals surface area contributed by atoms with Gasteiger partial charge in [-0.3, -0.25) is 4.79 Å². The highest BCUT2D eigenvalue weighted by Crippen LogP contribution is 2.36. The summed E-state index contributed by atoms with van der Waals surface area (Å²) in [4.78, 5) is 27.8. The van der Waals surface area contributed by atoms with Crippen LogP contribution < -0.4 is 14.4 Å². The van der Waals surface area contributed by atoms with Crippen LogP contribution in [0.5, 0.6) is 0 Å². The Labute approximate surface area is 254 Å². The van der Waals surface area contributed by atoms with Crippen molar-refractivity contribution < 1.29 is 19.3 Å². The maximum atomic E-state index is 12.1. The van der Waals surface area contributed by atoms with Crippen LogP contribution >= 0.6 is 35.6 Å². The lowest BCUT2D eigenvalue weighted by Gasteiger charge is -2.28. The van der Waals surface area contributed by atoms with E-state index in [0.717, 1.165) is 49.2 Å². The van der Waals surface area contributed by atoms with Crippen LogP contribution in [0.2, 0.25) is 5.02 Å². The first kappa shape index (κ1) is 30.1. The standard InChI is InChI=1S/C32H30ClN3O3S2/c1-19(2)34(27-16-24(33)9-13-29(27)40)21(5)15-31-35(20(3)4)28-17-26(12-14-30(28)41-31)36(22(6)32(38)39)25-10-7-23(18-37)8-11-25/h7-18,22H,1,3H2,2,4-6H3,(H-,38,39,40)/p+1. The topological polar surface area (TPSA) is 64.7 Å². The molecule has 210 valence electrons. The molecule has 0 spiro atoms. The minimum Gasteiger partial charge on any atom is -0.480 e. The van der Waals surface area contributed by atoms with Crippen molar-refractivity contribution in [3.05, 3.63) is 101 Å². The van der Waals surface area contributed by atoms with Gasteiger partial charge in [0.05, 0.1) is 5.69 Å². The number of aromatic nitrogens is 1. The summed E-state index contributed by atoms with van der Waals surface area (Å²) in [7, 11) is 0. The molecular formula is C32H31ClN3O3S2+. The average molecular weight is 605 g/mol. The molecule has 0 aliphatic carbocycles. The van der Waals surface area contributed by atoms with Crippen molar-refractivity contribution in [2.24, 2.45) is 0 Å². The molecule has 1 atom stereocenters. The number of hydrogen-bond acceptors (Lipinski definition) is 6. The molecule has 4 aromatic rings. The van der Waals surface area contributed by atoms with Crippen LogP contribution in [0.15, 0.2) is 90.1 Å². The largest absolute Gasteiger partial charge is 0.480 e. The SMILES string of the molecule is C=C(C)N(C(C)=Cc1sc2ccc(N(c3ccc(C=O)cc3)C(C)C(=O)O)cc2[n+]1C(=C)C)c1cc(Cl)ccc1S. The number of carbonyl (C=O) groups is 2. The summed E-state index contributed by atoms with van der Waals surface area (Å²) in [5.74, 6) is -0.966. The van der Waals surface area contributed by atoms with Crippen molar-refractivity contribution in [3.8, 4) is 0 Å². The smallest absolute Gasteiger partial charge is 0.326 e. The molecular weight excluding hydrogens is 574 g/mol. The number of allylic oxidation sites excluding steroid dienone is 3. The van der Waals surface area contributed by atoms with Crippen molar-refractivity contribution in [2.75, 3.05) is 9.80 Å². The fourth-order valence-corrected chi connectivity index (χ4v) is 6.31. The van der Waals surface area contributed by atoms with Gasteiger partial charge in [0.25, 0.3) is 5.01 Å². The van der Waals surface area contributed by atoms with E-state index in [-0.39, 0.29) is 0 Å². The Hall–Kier alpha value is -3.85. The number of rotatable bonds is 10. The van der Waals surface area contributed by atoms with Crippen molar-refractivity contribution in [1.29, 1.82) is 0 Å². The Kier molecular flexibility index (Phi) is 9.07. The molecule has 0 amide bonds. The number of carbonyl (C=O) groups excluding carboxylic acids is 1. The normalized spacial score (nSPS) is 12.2. The summed E-state index contributed by atoms with van der Waals surface area (Å²) in [5, 5.41) is 11.4. The van der Waals surface area contributed by atoms with Gasteiger partial charge in [-0.1, -0.05) is 29.5 Å². The maximum Gasteiger partial charge on any atom is 0.326 e. The van der Waals surface area contributed by atoms with Gasteiger partial charge in [0.1, 0.15) is 17.0 Å². The fraction of sp³-hybridized carbons (Fsp3) is 0.156. The lowest BCUT2D eigenvalue weighted by molar-refractivity contribution is -0.549. The van der Waals surface area contributed by atoms with Gasteiger partial charge in [-0.15, -0.1) is 17.2 Å². The number of nitrogens with zero attached hydrogens (tertiary/aromatic N) is 3. The van der Waals surface area contributed by atoms with Gasteiger partial charge in [0, 0.05) is 57.3 Å². The number of hydrogen-bond donors (Lipinski definition) is 2. The van der Waals surface area contributed by atoms with Gasteiger partial charge < -0.3 is 14.9 Å². The zero-order chi connectivity index (χ0) is 30.0. The number of thiazole rings is 1. The minimum atomic E-state index is -0.966. The van der Waals surface area contributed by atoms with Crippen molar-refractivity contribution in [2.45, 2.75) is 38.6 Å². The van der Waals surface area contributed by atoms with Gasteiger partial charge in [0.2, 0.25) is 5.52 Å². The van der Waals surface area contributed by atoms with Crippen LogP contribution in [-0.4, -0.2) is 23.4 Å². The fourth-order valence-electron chi connectivity index (χ4n) is 4.72. The number of benzene rings is 3. The monoisotopic (exact) mass is 604 g/mol. The maximum absolute atomic E-state index is 12.1. The lowest BCUT2D eigenvalue weighted by Crippen LogP contribution is -2.36. The van der Waals surface area contributed by atoms with Crippen molar-refractivity contribution >= 4 is 86.9 Å². The summed E-state index contributed by atoms with van der Waals surface area (Å²) >= 11 is 12.6. The molecule has 0 aliphatic heterocycles. The summed E-state index contributed by atoms with van der Waals surface area (Å²) in [6.45, 7) is 15.9. The molecule has 4 rings (SSSR count). The van der Waals surface area contributed by atoms with E-state index in [4.69, 9.17) is 11.6 Å². The molecule has 6 nitrogen and oxygen atoms in total. The Bertz CT molecular complexity index is 1710. The zero-order valence-corrected chi connectivity index (χ0v) is 25.7. The Morgan fingerprint density at radius 2 is 1.71 bits per heavy atom. The van der Waals surface area contributed by atoms with Crippen LogP contribution in [-0.2, 0) is 4.79 Å². The van der Waals surface area contributed by atoms with Crippen LogP contribution in [0, 0.1) is 0 Å². The molecule has 41 heavy (non-hydrogen) atoms. The highest BCUT2D eigenvalue weighted by Gasteiger charge is 2.27. The first-order valence-corrected chi connectivity index (χ1v) is 14.4. The highest BCUT2D eigenvalue weighted by molar-refractivity contribution is 7.80. The van der Waals surface area contributed by atoms with E-state index in [0.29, 0.717) is 22.0 Å². The summed E-state index contributed by atoms with van der Waals surface area (Å²) in [6.07, 6.45) is 2.83. The molecule has 0 aliphatic rings. The Morgan fingerprint density at radius 1 is 1.05 bits per heavy atom. The minimum absolute atomic E-state index is 0.517. The molecule has 1 N–H and O–H groups in total. The van der Waals surface area contributed by atoms with Crippen LogP contribution in [0.1, 0.15) is 43.1 Å². The second kappa shape index (κ2) is 12.3. The van der Waals surface area contributed by atoms with Gasteiger partial charge in [-0.2, -0.15) is 0 Å². The quantitative estimate of drug-likeness (QED) is 0.108. The number of thiol groups is 1. The molecule has 0 saturated carbocycles. The Balaban J connectivity index is 1.87. The first-order chi connectivity index (χ1) is 19.4. The van der Waals surface area contributed by atoms with Crippen LogP contribution in [0.4, 0.5) is 17.1 Å². The van der Waals surface area contributed by atoms with E-state index in [1.165, 1.54) is 0 Å². The highest BCUT2D eigenvalue weighted by atomic mass is 35.5. The van der Waals surface area contributed by atoms with Gasteiger partial charge in [-0.05, 0) is 81.9 Å². The molecule has 1 heterocycles. The number of carboxylic acids is 1. The molecule has 0 bridgehead atoms. The number of aldehydes is 1. The Morgan fingerprint density at radius 3 is 2.29 bits per heavy atom. The van der Waals surface area contributed by atoms with E-state index in [1.54, 1.807) is 53.5 Å². The molecule has 1 unspecified atom stereocenters. The van der Waals surface area contributed by atoms with E-state index < -0.39 is 12.0 Å². The number of fused-ring (bicyclic) bond motifs is 1.